The van der Waals surface area contributed by atoms with Crippen molar-refractivity contribution in [1.29, 1.82) is 0 Å². The van der Waals surface area contributed by atoms with Crippen LogP contribution in [0.4, 0.5) is 5.69 Å². The number of sulfonamides is 1. The minimum atomic E-state index is -3.92. The Balaban J connectivity index is 2.77. The van der Waals surface area contributed by atoms with E-state index in [1.807, 2.05) is 13.8 Å². The van der Waals surface area contributed by atoms with E-state index in [0.717, 1.165) is 6.07 Å². The molecule has 0 bridgehead atoms. The highest BCUT2D eigenvalue weighted by atomic mass is 32.2. The maximum Gasteiger partial charge on any atom is 0.337 e. The average molecular weight is 316 g/mol. The Labute approximate surface area is 124 Å². The van der Waals surface area contributed by atoms with Crippen LogP contribution < -0.4 is 10.5 Å². The molecule has 0 radical (unpaired) electrons. The van der Waals surface area contributed by atoms with Crippen LogP contribution in [0.2, 0.25) is 0 Å². The van der Waals surface area contributed by atoms with Gasteiger partial charge in [-0.15, -0.1) is 0 Å². The van der Waals surface area contributed by atoms with E-state index in [4.69, 9.17) is 15.6 Å². The molecule has 118 valence electrons. The van der Waals surface area contributed by atoms with Crippen molar-refractivity contribution in [2.24, 2.45) is 5.92 Å². The quantitative estimate of drug-likeness (QED) is 0.484. The van der Waals surface area contributed by atoms with Crippen LogP contribution >= 0.6 is 0 Å². The van der Waals surface area contributed by atoms with Gasteiger partial charge in [-0.2, -0.15) is 0 Å². The van der Waals surface area contributed by atoms with Gasteiger partial charge in [0.15, 0.2) is 0 Å². The first-order valence-electron chi connectivity index (χ1n) is 6.44. The number of carboxylic acid groups (broad SMARTS) is 1. The lowest BCUT2D eigenvalue weighted by atomic mass is 10.2. The number of carboxylic acids is 1. The van der Waals surface area contributed by atoms with E-state index in [1.165, 1.54) is 12.1 Å². The minimum Gasteiger partial charge on any atom is -0.478 e. The molecular formula is C13H20N2O5S. The fourth-order valence-electron chi connectivity index (χ4n) is 1.59. The molecule has 0 aliphatic heterocycles. The second-order valence-electron chi connectivity index (χ2n) is 4.93. The zero-order valence-corrected chi connectivity index (χ0v) is 12.8. The number of nitrogen functional groups attached to an aromatic ring is 1. The SMILES string of the molecule is CC(C)COCCNS(=O)(=O)c1ccc(N)cc1C(=O)O. The number of nitrogens with two attached hydrogens (primary N) is 1. The van der Waals surface area contributed by atoms with Crippen molar-refractivity contribution < 1.29 is 23.1 Å². The molecule has 0 spiro atoms. The van der Waals surface area contributed by atoms with E-state index >= 15 is 0 Å². The summed E-state index contributed by atoms with van der Waals surface area (Å²) in [6.45, 7) is 4.78. The molecule has 8 heteroatoms. The molecule has 0 unspecified atom stereocenters. The third-order valence-electron chi connectivity index (χ3n) is 2.51. The molecule has 0 saturated heterocycles. The lowest BCUT2D eigenvalue weighted by Gasteiger charge is -2.11. The Morgan fingerprint density at radius 3 is 2.67 bits per heavy atom. The van der Waals surface area contributed by atoms with Gasteiger partial charge in [-0.3, -0.25) is 0 Å². The fraction of sp³-hybridized carbons (Fsp3) is 0.462. The summed E-state index contributed by atoms with van der Waals surface area (Å²) in [7, 11) is -3.92. The first-order chi connectivity index (χ1) is 9.74. The van der Waals surface area contributed by atoms with Crippen LogP contribution in [0, 0.1) is 5.92 Å². The number of nitrogens with one attached hydrogen (secondary N) is 1. The summed E-state index contributed by atoms with van der Waals surface area (Å²) in [5.74, 6) is -0.990. The molecule has 0 saturated carbocycles. The van der Waals surface area contributed by atoms with Gasteiger partial charge in [0.2, 0.25) is 10.0 Å². The Kier molecular flexibility index (Phi) is 6.13. The smallest absolute Gasteiger partial charge is 0.337 e. The number of ether oxygens (including phenoxy) is 1. The topological polar surface area (TPSA) is 119 Å². The van der Waals surface area contributed by atoms with E-state index in [1.54, 1.807) is 0 Å². The second-order valence-corrected chi connectivity index (χ2v) is 6.66. The van der Waals surface area contributed by atoms with Gasteiger partial charge in [0.1, 0.15) is 0 Å². The van der Waals surface area contributed by atoms with E-state index in [0.29, 0.717) is 12.5 Å². The standard InChI is InChI=1S/C13H20N2O5S/c1-9(2)8-20-6-5-15-21(18,19)12-4-3-10(14)7-11(12)13(16)17/h3-4,7,9,15H,5-6,8,14H2,1-2H3,(H,16,17). The molecule has 0 aliphatic rings. The van der Waals surface area contributed by atoms with Gasteiger partial charge in [-0.1, -0.05) is 13.8 Å². The number of rotatable bonds is 8. The first kappa shape index (κ1) is 17.4. The summed E-state index contributed by atoms with van der Waals surface area (Å²) in [5, 5.41) is 9.05. The van der Waals surface area contributed by atoms with Gasteiger partial charge in [0.05, 0.1) is 17.1 Å². The summed E-state index contributed by atoms with van der Waals surface area (Å²) >= 11 is 0. The maximum atomic E-state index is 12.1. The van der Waals surface area contributed by atoms with Crippen LogP contribution in [0.1, 0.15) is 24.2 Å². The molecule has 4 N–H and O–H groups in total. The molecular weight excluding hydrogens is 296 g/mol. The van der Waals surface area contributed by atoms with E-state index in [9.17, 15) is 13.2 Å². The van der Waals surface area contributed by atoms with Crippen molar-refractivity contribution in [2.75, 3.05) is 25.5 Å². The van der Waals surface area contributed by atoms with Gasteiger partial charge < -0.3 is 15.6 Å². The van der Waals surface area contributed by atoms with Crippen LogP contribution in [0.5, 0.6) is 0 Å². The molecule has 1 aromatic carbocycles. The summed E-state index contributed by atoms with van der Waals surface area (Å²) in [6, 6.07) is 3.64. The number of anilines is 1. The fourth-order valence-corrected chi connectivity index (χ4v) is 2.78. The third-order valence-corrected chi connectivity index (χ3v) is 4.03. The Morgan fingerprint density at radius 2 is 2.10 bits per heavy atom. The highest BCUT2D eigenvalue weighted by Gasteiger charge is 2.22. The van der Waals surface area contributed by atoms with E-state index in [-0.39, 0.29) is 29.3 Å². The molecule has 0 fully saturated rings. The van der Waals surface area contributed by atoms with Gasteiger partial charge in [-0.05, 0) is 24.1 Å². The van der Waals surface area contributed by atoms with Crippen molar-refractivity contribution in [3.8, 4) is 0 Å². The second kappa shape index (κ2) is 7.39. The normalized spacial score (nSPS) is 11.8. The minimum absolute atomic E-state index is 0.0679. The summed E-state index contributed by atoms with van der Waals surface area (Å²) in [6.07, 6.45) is 0. The molecule has 0 aliphatic carbocycles. The number of hydrogen-bond donors (Lipinski definition) is 3. The van der Waals surface area contributed by atoms with Crippen molar-refractivity contribution in [1.82, 2.24) is 4.72 Å². The lowest BCUT2D eigenvalue weighted by Crippen LogP contribution is -2.29. The zero-order chi connectivity index (χ0) is 16.0. The van der Waals surface area contributed by atoms with Crippen LogP contribution in [-0.2, 0) is 14.8 Å². The van der Waals surface area contributed by atoms with Gasteiger partial charge >= 0.3 is 5.97 Å². The molecule has 1 rings (SSSR count). The van der Waals surface area contributed by atoms with Gasteiger partial charge in [-0.25, -0.2) is 17.9 Å². The van der Waals surface area contributed by atoms with E-state index in [2.05, 4.69) is 4.72 Å². The molecule has 1 aromatic rings. The molecule has 21 heavy (non-hydrogen) atoms. The van der Waals surface area contributed by atoms with Crippen molar-refractivity contribution in [3.05, 3.63) is 23.8 Å². The summed E-state index contributed by atoms with van der Waals surface area (Å²) < 4.78 is 31.8. The Bertz CT molecular complexity index is 599. The number of carbonyl (C=O) groups is 1. The Hall–Kier alpha value is -1.64. The van der Waals surface area contributed by atoms with Crippen molar-refractivity contribution in [2.45, 2.75) is 18.7 Å². The largest absolute Gasteiger partial charge is 0.478 e. The molecule has 7 nitrogen and oxygen atoms in total. The number of aromatic carboxylic acids is 1. The van der Waals surface area contributed by atoms with Crippen molar-refractivity contribution in [3.63, 3.8) is 0 Å². The monoisotopic (exact) mass is 316 g/mol. The van der Waals surface area contributed by atoms with Gasteiger partial charge in [0, 0.05) is 18.8 Å². The van der Waals surface area contributed by atoms with Crippen molar-refractivity contribution >= 4 is 21.7 Å². The summed E-state index contributed by atoms with van der Waals surface area (Å²) in [4.78, 5) is 10.8. The molecule has 0 aromatic heterocycles. The summed E-state index contributed by atoms with van der Waals surface area (Å²) in [5.41, 5.74) is 5.31. The highest BCUT2D eigenvalue weighted by Crippen LogP contribution is 2.18. The van der Waals surface area contributed by atoms with E-state index < -0.39 is 16.0 Å². The zero-order valence-electron chi connectivity index (χ0n) is 12.0. The highest BCUT2D eigenvalue weighted by molar-refractivity contribution is 7.89. The number of hydrogen-bond acceptors (Lipinski definition) is 5. The lowest BCUT2D eigenvalue weighted by molar-refractivity contribution is 0.0692. The van der Waals surface area contributed by atoms with Crippen LogP contribution in [0.3, 0.4) is 0 Å². The first-order valence-corrected chi connectivity index (χ1v) is 7.92. The van der Waals surface area contributed by atoms with Crippen LogP contribution in [0.15, 0.2) is 23.1 Å². The maximum absolute atomic E-state index is 12.1. The van der Waals surface area contributed by atoms with Gasteiger partial charge in [0.25, 0.3) is 0 Å². The predicted molar refractivity (Wildman–Crippen MR) is 78.7 cm³/mol. The molecule has 0 amide bonds. The third kappa shape index (κ3) is 5.33. The van der Waals surface area contributed by atoms with Crippen LogP contribution in [0.25, 0.3) is 0 Å². The molecule has 0 heterocycles. The van der Waals surface area contributed by atoms with Crippen LogP contribution in [-0.4, -0.2) is 39.3 Å². The average Bonchev–Trinajstić information content (AvgIpc) is 2.37. The number of benzene rings is 1. The predicted octanol–water partition coefficient (Wildman–Crippen LogP) is 0.918. The Morgan fingerprint density at radius 1 is 1.43 bits per heavy atom. The molecule has 0 atom stereocenters.